The molecule has 1 aliphatic carbocycles. The molecule has 36 heavy (non-hydrogen) atoms. The molecule has 0 N–H and O–H groups in total. The normalized spacial score (nSPS) is 24.2. The molecule has 6 heteroatoms. The predicted octanol–water partition coefficient (Wildman–Crippen LogP) is 5.09. The number of fused-ring (bicyclic) bond motifs is 1. The maximum Gasteiger partial charge on any atom is 0.225 e. The SMILES string of the molecule is CCCCc1cc(OC2CCN(CC3CCC(C(=O)N4CCOCC4)CC3)CC2)c2ncccc2c1. The molecule has 6 nitrogen and oxygen atoms in total. The average Bonchev–Trinajstić information content (AvgIpc) is 2.93. The van der Waals surface area contributed by atoms with E-state index >= 15 is 0 Å². The first kappa shape index (κ1) is 25.5. The van der Waals surface area contributed by atoms with Crippen molar-refractivity contribution >= 4 is 16.8 Å². The maximum absolute atomic E-state index is 12.8. The molecule has 2 aliphatic heterocycles. The quantitative estimate of drug-likeness (QED) is 0.513. The number of rotatable bonds is 8. The highest BCUT2D eigenvalue weighted by molar-refractivity contribution is 5.85. The van der Waals surface area contributed by atoms with Crippen LogP contribution in [0.4, 0.5) is 0 Å². The molecule has 1 saturated carbocycles. The van der Waals surface area contributed by atoms with Crippen molar-refractivity contribution in [2.45, 2.75) is 70.8 Å². The molecule has 0 radical (unpaired) electrons. The summed E-state index contributed by atoms with van der Waals surface area (Å²) in [4.78, 5) is 22.1. The van der Waals surface area contributed by atoms with Crippen LogP contribution < -0.4 is 4.74 Å². The average molecular weight is 494 g/mol. The van der Waals surface area contributed by atoms with Gasteiger partial charge in [-0.15, -0.1) is 0 Å². The summed E-state index contributed by atoms with van der Waals surface area (Å²) in [5.74, 6) is 2.28. The largest absolute Gasteiger partial charge is 0.488 e. The molecule has 1 aromatic heterocycles. The van der Waals surface area contributed by atoms with E-state index in [0.29, 0.717) is 19.1 Å². The lowest BCUT2D eigenvalue weighted by Crippen LogP contribution is -2.45. The Morgan fingerprint density at radius 3 is 2.58 bits per heavy atom. The van der Waals surface area contributed by atoms with E-state index < -0.39 is 0 Å². The van der Waals surface area contributed by atoms with Crippen molar-refractivity contribution in [3.05, 3.63) is 36.0 Å². The van der Waals surface area contributed by atoms with E-state index in [2.05, 4.69) is 35.0 Å². The highest BCUT2D eigenvalue weighted by Crippen LogP contribution is 2.33. The minimum Gasteiger partial charge on any atom is -0.488 e. The fourth-order valence-electron chi connectivity index (χ4n) is 6.22. The molecule has 3 fully saturated rings. The van der Waals surface area contributed by atoms with Crippen LogP contribution in [0.3, 0.4) is 0 Å². The van der Waals surface area contributed by atoms with Crippen molar-refractivity contribution in [3.8, 4) is 5.75 Å². The van der Waals surface area contributed by atoms with E-state index in [1.807, 2.05) is 17.2 Å². The number of carbonyl (C=O) groups is 1. The number of hydrogen-bond donors (Lipinski definition) is 0. The van der Waals surface area contributed by atoms with Crippen LogP contribution in [0.1, 0.15) is 63.9 Å². The Kier molecular flexibility index (Phi) is 8.75. The zero-order valence-electron chi connectivity index (χ0n) is 22.0. The van der Waals surface area contributed by atoms with Crippen molar-refractivity contribution < 1.29 is 14.3 Å². The predicted molar refractivity (Wildman–Crippen MR) is 143 cm³/mol. The molecule has 3 heterocycles. The number of hydrogen-bond acceptors (Lipinski definition) is 5. The summed E-state index contributed by atoms with van der Waals surface area (Å²) in [5.41, 5.74) is 2.34. The number of ether oxygens (including phenoxy) is 2. The summed E-state index contributed by atoms with van der Waals surface area (Å²) in [6.45, 7) is 8.52. The van der Waals surface area contributed by atoms with Crippen molar-refractivity contribution in [3.63, 3.8) is 0 Å². The van der Waals surface area contributed by atoms with Gasteiger partial charge < -0.3 is 19.3 Å². The van der Waals surface area contributed by atoms with E-state index in [9.17, 15) is 4.79 Å². The highest BCUT2D eigenvalue weighted by Gasteiger charge is 2.31. The number of unbranched alkanes of at least 4 members (excludes halogenated alkanes) is 1. The summed E-state index contributed by atoms with van der Waals surface area (Å²) in [7, 11) is 0. The number of carbonyl (C=O) groups excluding carboxylic acids is 1. The standard InChI is InChI=1S/C30H43N3O3/c1-2-3-5-24-20-26-6-4-13-31-29(26)28(21-24)36-27-11-14-32(15-12-27)22-23-7-9-25(10-8-23)30(34)33-16-18-35-19-17-33/h4,6,13,20-21,23,25,27H,2-3,5,7-12,14-19,22H2,1H3. The van der Waals surface area contributed by atoms with E-state index in [0.717, 1.165) is 75.5 Å². The lowest BCUT2D eigenvalue weighted by atomic mass is 9.81. The van der Waals surface area contributed by atoms with Gasteiger partial charge in [0.05, 0.1) is 13.2 Å². The Morgan fingerprint density at radius 1 is 1.06 bits per heavy atom. The van der Waals surface area contributed by atoms with E-state index in [4.69, 9.17) is 9.47 Å². The third-order valence-corrected chi connectivity index (χ3v) is 8.41. The fraction of sp³-hybridized carbons (Fsp3) is 0.667. The Balaban J connectivity index is 1.09. The third kappa shape index (κ3) is 6.38. The van der Waals surface area contributed by atoms with E-state index in [1.54, 1.807) is 0 Å². The van der Waals surface area contributed by atoms with Crippen LogP contribution in [0.5, 0.6) is 5.75 Å². The van der Waals surface area contributed by atoms with Gasteiger partial charge in [0, 0.05) is 50.2 Å². The van der Waals surface area contributed by atoms with Gasteiger partial charge in [-0.3, -0.25) is 9.78 Å². The lowest BCUT2D eigenvalue weighted by molar-refractivity contribution is -0.141. The molecule has 2 saturated heterocycles. The number of pyridine rings is 1. The zero-order valence-corrected chi connectivity index (χ0v) is 22.0. The van der Waals surface area contributed by atoms with Crippen LogP contribution in [0.15, 0.2) is 30.5 Å². The Morgan fingerprint density at radius 2 is 1.83 bits per heavy atom. The van der Waals surface area contributed by atoms with Crippen LogP contribution >= 0.6 is 0 Å². The van der Waals surface area contributed by atoms with E-state index in [1.165, 1.54) is 43.2 Å². The van der Waals surface area contributed by atoms with Gasteiger partial charge >= 0.3 is 0 Å². The van der Waals surface area contributed by atoms with E-state index in [-0.39, 0.29) is 12.0 Å². The molecule has 1 aromatic carbocycles. The van der Waals surface area contributed by atoms with Crippen LogP contribution in [-0.4, -0.2) is 72.7 Å². The number of aryl methyl sites for hydroxylation is 1. The Bertz CT molecular complexity index is 990. The molecule has 3 aliphatic rings. The summed E-state index contributed by atoms with van der Waals surface area (Å²) >= 11 is 0. The van der Waals surface area contributed by atoms with Gasteiger partial charge in [-0.1, -0.05) is 19.4 Å². The zero-order chi connectivity index (χ0) is 24.7. The number of benzene rings is 1. The number of nitrogens with zero attached hydrogens (tertiary/aromatic N) is 3. The minimum absolute atomic E-state index is 0.231. The van der Waals surface area contributed by atoms with Gasteiger partial charge in [-0.05, 0) is 81.0 Å². The summed E-state index contributed by atoms with van der Waals surface area (Å²) < 4.78 is 12.0. The second-order valence-corrected chi connectivity index (χ2v) is 11.0. The van der Waals surface area contributed by atoms with Crippen LogP contribution in [-0.2, 0) is 16.0 Å². The Hall–Kier alpha value is -2.18. The number of piperidine rings is 1. The maximum atomic E-state index is 12.8. The molecular weight excluding hydrogens is 450 g/mol. The molecule has 1 amide bonds. The molecule has 2 aromatic rings. The minimum atomic E-state index is 0.231. The van der Waals surface area contributed by atoms with Gasteiger partial charge in [0.25, 0.3) is 0 Å². The second kappa shape index (κ2) is 12.4. The van der Waals surface area contributed by atoms with Gasteiger partial charge in [0.2, 0.25) is 5.91 Å². The Labute approximate surface area is 216 Å². The molecule has 0 atom stereocenters. The van der Waals surface area contributed by atoms with Crippen molar-refractivity contribution in [2.75, 3.05) is 45.9 Å². The fourth-order valence-corrected chi connectivity index (χ4v) is 6.22. The van der Waals surface area contributed by atoms with Crippen LogP contribution in [0.2, 0.25) is 0 Å². The second-order valence-electron chi connectivity index (χ2n) is 11.0. The first-order valence-electron chi connectivity index (χ1n) is 14.3. The number of amides is 1. The number of aromatic nitrogens is 1. The number of morpholine rings is 1. The monoisotopic (exact) mass is 493 g/mol. The summed E-state index contributed by atoms with van der Waals surface area (Å²) in [6.07, 6.45) is 12.2. The van der Waals surface area contributed by atoms with Crippen LogP contribution in [0, 0.1) is 11.8 Å². The molecular formula is C30H43N3O3. The first-order valence-corrected chi connectivity index (χ1v) is 14.3. The van der Waals surface area contributed by atoms with Crippen molar-refractivity contribution in [1.29, 1.82) is 0 Å². The van der Waals surface area contributed by atoms with Gasteiger partial charge in [0.15, 0.2) is 0 Å². The van der Waals surface area contributed by atoms with Crippen molar-refractivity contribution in [2.24, 2.45) is 11.8 Å². The topological polar surface area (TPSA) is 54.9 Å². The number of likely N-dealkylation sites (tertiary alicyclic amines) is 1. The smallest absolute Gasteiger partial charge is 0.225 e. The van der Waals surface area contributed by atoms with Gasteiger partial charge in [-0.2, -0.15) is 0 Å². The van der Waals surface area contributed by atoms with Gasteiger partial charge in [-0.25, -0.2) is 0 Å². The molecule has 0 spiro atoms. The van der Waals surface area contributed by atoms with Gasteiger partial charge in [0.1, 0.15) is 17.4 Å². The molecule has 0 unspecified atom stereocenters. The summed E-state index contributed by atoms with van der Waals surface area (Å²) in [5, 5.41) is 1.18. The lowest BCUT2D eigenvalue weighted by Gasteiger charge is -2.37. The molecule has 0 bridgehead atoms. The molecule has 196 valence electrons. The van der Waals surface area contributed by atoms with Crippen LogP contribution in [0.25, 0.3) is 10.9 Å². The molecule has 5 rings (SSSR count). The third-order valence-electron chi connectivity index (χ3n) is 8.41. The van der Waals surface area contributed by atoms with Crippen molar-refractivity contribution in [1.82, 2.24) is 14.8 Å². The highest BCUT2D eigenvalue weighted by atomic mass is 16.5. The first-order chi connectivity index (χ1) is 17.7. The summed E-state index contributed by atoms with van der Waals surface area (Å²) in [6, 6.07) is 8.67.